The summed E-state index contributed by atoms with van der Waals surface area (Å²) in [5.41, 5.74) is 1.22. The maximum Gasteiger partial charge on any atom is 0.224 e. The summed E-state index contributed by atoms with van der Waals surface area (Å²) in [6.45, 7) is 2.86. The predicted molar refractivity (Wildman–Crippen MR) is 92.8 cm³/mol. The van der Waals surface area contributed by atoms with Crippen molar-refractivity contribution in [1.82, 2.24) is 10.2 Å². The van der Waals surface area contributed by atoms with E-state index in [9.17, 15) is 4.79 Å². The molecule has 1 saturated heterocycles. The smallest absolute Gasteiger partial charge is 0.224 e. The van der Waals surface area contributed by atoms with Crippen LogP contribution in [0.1, 0.15) is 12.0 Å². The van der Waals surface area contributed by atoms with Crippen LogP contribution in [0.2, 0.25) is 0 Å². The second-order valence-corrected chi connectivity index (χ2v) is 6.35. The lowest BCUT2D eigenvalue weighted by atomic mass is 10.1. The predicted octanol–water partition coefficient (Wildman–Crippen LogP) is 2.66. The molecule has 1 aromatic heterocycles. The van der Waals surface area contributed by atoms with E-state index >= 15 is 0 Å². The zero-order valence-corrected chi connectivity index (χ0v) is 14.2. The largest absolute Gasteiger partial charge is 0.378 e. The van der Waals surface area contributed by atoms with Crippen LogP contribution >= 0.6 is 23.7 Å². The number of hydrogen-bond acceptors (Lipinski definition) is 4. The Morgan fingerprint density at radius 2 is 2.27 bits per heavy atom. The van der Waals surface area contributed by atoms with Gasteiger partial charge in [0, 0.05) is 37.3 Å². The third-order valence-corrected chi connectivity index (χ3v) is 4.83. The number of thiophene rings is 1. The molecule has 2 heterocycles. The van der Waals surface area contributed by atoms with Crippen LogP contribution in [0.15, 0.2) is 29.6 Å². The topological polar surface area (TPSA) is 41.6 Å². The van der Waals surface area contributed by atoms with E-state index in [1.54, 1.807) is 11.3 Å². The van der Waals surface area contributed by atoms with E-state index in [1.165, 1.54) is 15.6 Å². The van der Waals surface area contributed by atoms with Crippen LogP contribution in [0.25, 0.3) is 10.1 Å². The van der Waals surface area contributed by atoms with Gasteiger partial charge in [-0.05, 0) is 22.4 Å². The molecule has 1 fully saturated rings. The standard InChI is InChI=1S/C16H20N2O2S.ClH/c1-18(16(19)8-13-10-20-7-6-17-13)9-12-11-21-15-5-3-2-4-14(12)15;/h2-5,11,13,17H,6-10H2,1H3;1H. The van der Waals surface area contributed by atoms with E-state index in [-0.39, 0.29) is 24.4 Å². The van der Waals surface area contributed by atoms with Gasteiger partial charge in [0.05, 0.1) is 13.2 Å². The molecule has 0 aliphatic carbocycles. The normalized spacial score (nSPS) is 18.0. The van der Waals surface area contributed by atoms with Gasteiger partial charge in [-0.2, -0.15) is 0 Å². The van der Waals surface area contributed by atoms with Gasteiger partial charge in [-0.1, -0.05) is 18.2 Å². The second kappa shape index (κ2) is 7.92. The Labute approximate surface area is 140 Å². The molecule has 6 heteroatoms. The first-order valence-electron chi connectivity index (χ1n) is 7.24. The average molecular weight is 341 g/mol. The van der Waals surface area contributed by atoms with Gasteiger partial charge < -0.3 is 15.0 Å². The molecule has 1 aliphatic rings. The van der Waals surface area contributed by atoms with E-state index in [2.05, 4.69) is 22.8 Å². The maximum absolute atomic E-state index is 12.3. The fourth-order valence-corrected chi connectivity index (χ4v) is 3.57. The molecule has 1 aromatic carbocycles. The molecule has 120 valence electrons. The van der Waals surface area contributed by atoms with Crippen molar-refractivity contribution < 1.29 is 9.53 Å². The Kier molecular flexibility index (Phi) is 6.20. The number of fused-ring (bicyclic) bond motifs is 1. The monoisotopic (exact) mass is 340 g/mol. The number of rotatable bonds is 4. The second-order valence-electron chi connectivity index (χ2n) is 5.44. The molecule has 0 saturated carbocycles. The number of nitrogens with one attached hydrogen (secondary N) is 1. The Balaban J connectivity index is 0.00000176. The van der Waals surface area contributed by atoms with Crippen LogP contribution in [-0.2, 0) is 16.1 Å². The molecule has 2 aromatic rings. The van der Waals surface area contributed by atoms with Crippen molar-refractivity contribution in [3.8, 4) is 0 Å². The van der Waals surface area contributed by atoms with Crippen LogP contribution in [0.3, 0.4) is 0 Å². The summed E-state index contributed by atoms with van der Waals surface area (Å²) in [6.07, 6.45) is 0.499. The molecule has 1 atom stereocenters. The van der Waals surface area contributed by atoms with E-state index in [0.29, 0.717) is 19.6 Å². The van der Waals surface area contributed by atoms with E-state index in [0.717, 1.165) is 13.2 Å². The van der Waals surface area contributed by atoms with Crippen molar-refractivity contribution in [2.45, 2.75) is 19.0 Å². The number of morpholine rings is 1. The lowest BCUT2D eigenvalue weighted by molar-refractivity contribution is -0.131. The first kappa shape index (κ1) is 17.2. The van der Waals surface area contributed by atoms with Crippen LogP contribution in [-0.4, -0.2) is 43.7 Å². The van der Waals surface area contributed by atoms with Gasteiger partial charge in [-0.3, -0.25) is 4.79 Å². The SMILES string of the molecule is CN(Cc1csc2ccccc12)C(=O)CC1COCCN1.Cl. The Morgan fingerprint density at radius 3 is 3.05 bits per heavy atom. The van der Waals surface area contributed by atoms with Gasteiger partial charge in [0.15, 0.2) is 0 Å². The van der Waals surface area contributed by atoms with Crippen LogP contribution in [0, 0.1) is 0 Å². The summed E-state index contributed by atoms with van der Waals surface area (Å²) < 4.78 is 6.67. The van der Waals surface area contributed by atoms with Crippen LogP contribution < -0.4 is 5.32 Å². The first-order chi connectivity index (χ1) is 10.2. The van der Waals surface area contributed by atoms with Crippen molar-refractivity contribution >= 4 is 39.7 Å². The number of carbonyl (C=O) groups excluding carboxylic acids is 1. The highest BCUT2D eigenvalue weighted by atomic mass is 35.5. The summed E-state index contributed by atoms with van der Waals surface area (Å²) in [4.78, 5) is 14.1. The Bertz CT molecular complexity index is 625. The number of amides is 1. The van der Waals surface area contributed by atoms with E-state index < -0.39 is 0 Å². The number of ether oxygens (including phenoxy) is 1. The molecule has 0 bridgehead atoms. The van der Waals surface area contributed by atoms with Crippen molar-refractivity contribution in [3.05, 3.63) is 35.2 Å². The third-order valence-electron chi connectivity index (χ3n) is 3.81. The number of benzene rings is 1. The summed E-state index contributed by atoms with van der Waals surface area (Å²) >= 11 is 1.73. The zero-order valence-electron chi connectivity index (χ0n) is 12.6. The third kappa shape index (κ3) is 3.98. The molecule has 0 radical (unpaired) electrons. The Morgan fingerprint density at radius 1 is 1.45 bits per heavy atom. The summed E-state index contributed by atoms with van der Waals surface area (Å²) in [6, 6.07) is 8.48. The number of nitrogens with zero attached hydrogens (tertiary/aromatic N) is 1. The van der Waals surface area contributed by atoms with Crippen LogP contribution in [0.5, 0.6) is 0 Å². The Hall–Kier alpha value is -1.14. The molecule has 1 unspecified atom stereocenters. The fourth-order valence-electron chi connectivity index (χ4n) is 2.62. The first-order valence-corrected chi connectivity index (χ1v) is 8.12. The van der Waals surface area contributed by atoms with Crippen molar-refractivity contribution in [1.29, 1.82) is 0 Å². The van der Waals surface area contributed by atoms with Gasteiger partial charge in [0.2, 0.25) is 5.91 Å². The van der Waals surface area contributed by atoms with Gasteiger partial charge >= 0.3 is 0 Å². The lowest BCUT2D eigenvalue weighted by Crippen LogP contribution is -2.44. The molecular weight excluding hydrogens is 320 g/mol. The molecule has 1 aliphatic heterocycles. The molecule has 4 nitrogen and oxygen atoms in total. The van der Waals surface area contributed by atoms with Crippen molar-refractivity contribution in [2.75, 3.05) is 26.8 Å². The fraction of sp³-hybridized carbons (Fsp3) is 0.438. The van der Waals surface area contributed by atoms with Gasteiger partial charge in [0.25, 0.3) is 0 Å². The molecule has 22 heavy (non-hydrogen) atoms. The summed E-state index contributed by atoms with van der Waals surface area (Å²) in [7, 11) is 1.87. The van der Waals surface area contributed by atoms with Gasteiger partial charge in [-0.15, -0.1) is 23.7 Å². The van der Waals surface area contributed by atoms with Crippen molar-refractivity contribution in [2.24, 2.45) is 0 Å². The highest BCUT2D eigenvalue weighted by Gasteiger charge is 2.19. The molecule has 1 amide bonds. The average Bonchev–Trinajstić information content (AvgIpc) is 2.91. The molecule has 0 spiro atoms. The summed E-state index contributed by atoms with van der Waals surface area (Å²) in [5, 5.41) is 6.72. The van der Waals surface area contributed by atoms with Crippen LogP contribution in [0.4, 0.5) is 0 Å². The number of hydrogen-bond donors (Lipinski definition) is 1. The molecular formula is C16H21ClN2O2S. The quantitative estimate of drug-likeness (QED) is 0.930. The minimum Gasteiger partial charge on any atom is -0.378 e. The highest BCUT2D eigenvalue weighted by molar-refractivity contribution is 7.17. The zero-order chi connectivity index (χ0) is 14.7. The minimum absolute atomic E-state index is 0. The minimum atomic E-state index is 0. The maximum atomic E-state index is 12.3. The van der Waals surface area contributed by atoms with Crippen molar-refractivity contribution in [3.63, 3.8) is 0 Å². The lowest BCUT2D eigenvalue weighted by Gasteiger charge is -2.25. The number of halogens is 1. The van der Waals surface area contributed by atoms with Gasteiger partial charge in [-0.25, -0.2) is 0 Å². The highest BCUT2D eigenvalue weighted by Crippen LogP contribution is 2.26. The molecule has 3 rings (SSSR count). The number of carbonyl (C=O) groups is 1. The molecule has 1 N–H and O–H groups in total. The van der Waals surface area contributed by atoms with E-state index in [4.69, 9.17) is 4.74 Å². The summed E-state index contributed by atoms with van der Waals surface area (Å²) in [5.74, 6) is 0.160. The van der Waals surface area contributed by atoms with Gasteiger partial charge in [0.1, 0.15) is 0 Å². The van der Waals surface area contributed by atoms with E-state index in [1.807, 2.05) is 24.1 Å².